The van der Waals surface area contributed by atoms with Gasteiger partial charge in [-0.3, -0.25) is 4.79 Å². The topological polar surface area (TPSA) is 60.0 Å². The molecule has 1 aromatic heterocycles. The Labute approximate surface area is 122 Å². The number of aromatic nitrogens is 1. The van der Waals surface area contributed by atoms with Gasteiger partial charge in [-0.25, -0.2) is 4.39 Å². The molecule has 1 heterocycles. The number of anilines is 1. The third kappa shape index (κ3) is 3.50. The van der Waals surface area contributed by atoms with Crippen molar-refractivity contribution in [2.45, 2.75) is 13.5 Å². The van der Waals surface area contributed by atoms with Crippen LogP contribution in [0.1, 0.15) is 23.0 Å². The minimum absolute atomic E-state index is 0.127. The van der Waals surface area contributed by atoms with Crippen molar-refractivity contribution in [2.75, 3.05) is 11.9 Å². The Balaban J connectivity index is 2.18. The van der Waals surface area contributed by atoms with E-state index in [9.17, 15) is 9.18 Å². The average molecular weight is 285 g/mol. The van der Waals surface area contributed by atoms with Crippen molar-refractivity contribution in [3.63, 3.8) is 0 Å². The maximum Gasteiger partial charge on any atom is 0.272 e. The molecule has 0 unspecified atom stereocenters. The number of halogens is 1. The van der Waals surface area contributed by atoms with Crippen LogP contribution in [0.3, 0.4) is 0 Å². The van der Waals surface area contributed by atoms with E-state index in [-0.39, 0.29) is 18.1 Å². The fourth-order valence-electron chi connectivity index (χ4n) is 1.93. The average Bonchev–Trinajstić information content (AvgIpc) is 2.96. The Morgan fingerprint density at radius 1 is 1.43 bits per heavy atom. The zero-order chi connectivity index (χ0) is 15.2. The van der Waals surface area contributed by atoms with Crippen LogP contribution in [0, 0.1) is 17.7 Å². The Hall–Kier alpha value is -2.58. The summed E-state index contributed by atoms with van der Waals surface area (Å²) >= 11 is 0. The van der Waals surface area contributed by atoms with Crippen molar-refractivity contribution < 1.29 is 9.18 Å². The molecule has 1 aromatic carbocycles. The molecule has 0 fully saturated rings. The van der Waals surface area contributed by atoms with E-state index < -0.39 is 5.82 Å². The number of carbonyl (C=O) groups is 1. The number of nitrogens with one attached hydrogen (secondary N) is 1. The number of hydrogen-bond acceptors (Lipinski definition) is 2. The summed E-state index contributed by atoms with van der Waals surface area (Å²) in [6.45, 7) is 2.82. The Morgan fingerprint density at radius 3 is 2.90 bits per heavy atom. The number of aryl methyl sites for hydroxylation is 1. The highest BCUT2D eigenvalue weighted by atomic mass is 19.1. The van der Waals surface area contributed by atoms with Gasteiger partial charge in [0.05, 0.1) is 12.2 Å². The number of carbonyl (C=O) groups excluding carboxylic acids is 1. The van der Waals surface area contributed by atoms with Crippen LogP contribution in [0.25, 0.3) is 0 Å². The summed E-state index contributed by atoms with van der Waals surface area (Å²) in [6.07, 6.45) is 1.80. The number of hydrogen-bond donors (Lipinski definition) is 2. The third-order valence-corrected chi connectivity index (χ3v) is 2.95. The zero-order valence-electron chi connectivity index (χ0n) is 11.7. The Morgan fingerprint density at radius 2 is 2.24 bits per heavy atom. The van der Waals surface area contributed by atoms with E-state index in [0.717, 1.165) is 0 Å². The van der Waals surface area contributed by atoms with Gasteiger partial charge in [0, 0.05) is 18.3 Å². The predicted octanol–water partition coefficient (Wildman–Crippen LogP) is 2.21. The van der Waals surface area contributed by atoms with Gasteiger partial charge in [0.15, 0.2) is 0 Å². The molecule has 4 nitrogen and oxygen atoms in total. The lowest BCUT2D eigenvalue weighted by Gasteiger charge is -2.09. The van der Waals surface area contributed by atoms with Gasteiger partial charge in [0.25, 0.3) is 5.91 Å². The van der Waals surface area contributed by atoms with Crippen molar-refractivity contribution in [1.82, 2.24) is 4.57 Å². The van der Waals surface area contributed by atoms with Crippen LogP contribution in [0.2, 0.25) is 0 Å². The quantitative estimate of drug-likeness (QED) is 0.849. The molecule has 2 aromatic rings. The first kappa shape index (κ1) is 14.8. The number of rotatable bonds is 3. The first-order chi connectivity index (χ1) is 10.2. The van der Waals surface area contributed by atoms with Gasteiger partial charge < -0.3 is 15.6 Å². The molecule has 0 saturated carbocycles. The second-order valence-corrected chi connectivity index (χ2v) is 4.33. The van der Waals surface area contributed by atoms with Crippen LogP contribution in [-0.2, 0) is 6.54 Å². The van der Waals surface area contributed by atoms with Gasteiger partial charge in [-0.1, -0.05) is 11.8 Å². The summed E-state index contributed by atoms with van der Waals surface area (Å²) in [5.74, 6) is 4.52. The van der Waals surface area contributed by atoms with E-state index >= 15 is 0 Å². The molecule has 0 spiro atoms. The second-order valence-electron chi connectivity index (χ2n) is 4.33. The van der Waals surface area contributed by atoms with Gasteiger partial charge in [-0.15, -0.1) is 0 Å². The highest BCUT2D eigenvalue weighted by molar-refractivity contribution is 6.03. The third-order valence-electron chi connectivity index (χ3n) is 2.95. The van der Waals surface area contributed by atoms with Crippen molar-refractivity contribution >= 4 is 11.6 Å². The van der Waals surface area contributed by atoms with Gasteiger partial charge in [-0.05, 0) is 37.3 Å². The maximum atomic E-state index is 13.9. The minimum Gasteiger partial charge on any atom is -0.344 e. The maximum absolute atomic E-state index is 13.9. The highest BCUT2D eigenvalue weighted by Crippen LogP contribution is 2.16. The molecule has 0 aliphatic heterocycles. The van der Waals surface area contributed by atoms with Crippen LogP contribution in [0.5, 0.6) is 0 Å². The largest absolute Gasteiger partial charge is 0.344 e. The minimum atomic E-state index is -0.526. The summed E-state index contributed by atoms with van der Waals surface area (Å²) in [7, 11) is 0. The highest BCUT2D eigenvalue weighted by Gasteiger charge is 2.12. The van der Waals surface area contributed by atoms with Crippen molar-refractivity contribution in [3.8, 4) is 11.8 Å². The summed E-state index contributed by atoms with van der Waals surface area (Å²) < 4.78 is 15.7. The SMILES string of the molecule is CCn1cccc1C(=O)Nc1ccc(C#CCN)cc1F. The van der Waals surface area contributed by atoms with Crippen molar-refractivity contribution in [3.05, 3.63) is 53.6 Å². The van der Waals surface area contributed by atoms with E-state index in [1.54, 1.807) is 29.0 Å². The molecule has 108 valence electrons. The Bertz CT molecular complexity index is 710. The molecule has 0 aliphatic rings. The molecular weight excluding hydrogens is 269 g/mol. The first-order valence-electron chi connectivity index (χ1n) is 6.60. The molecule has 0 saturated heterocycles. The molecule has 21 heavy (non-hydrogen) atoms. The molecule has 5 heteroatoms. The van der Waals surface area contributed by atoms with Gasteiger partial charge in [0.2, 0.25) is 0 Å². The summed E-state index contributed by atoms with van der Waals surface area (Å²) in [5.41, 5.74) is 6.40. The predicted molar refractivity (Wildman–Crippen MR) is 80.4 cm³/mol. The second kappa shape index (κ2) is 6.73. The van der Waals surface area contributed by atoms with Crippen LogP contribution < -0.4 is 11.1 Å². The summed E-state index contributed by atoms with van der Waals surface area (Å²) in [5, 5.41) is 2.56. The van der Waals surface area contributed by atoms with Crippen LogP contribution in [0.4, 0.5) is 10.1 Å². The van der Waals surface area contributed by atoms with Crippen LogP contribution >= 0.6 is 0 Å². The van der Waals surface area contributed by atoms with Crippen molar-refractivity contribution in [2.24, 2.45) is 5.73 Å². The number of nitrogens with zero attached hydrogens (tertiary/aromatic N) is 1. The number of amides is 1. The zero-order valence-corrected chi connectivity index (χ0v) is 11.7. The van der Waals surface area contributed by atoms with Crippen LogP contribution in [-0.4, -0.2) is 17.0 Å². The smallest absolute Gasteiger partial charge is 0.272 e. The molecule has 0 aliphatic carbocycles. The first-order valence-corrected chi connectivity index (χ1v) is 6.60. The number of nitrogens with two attached hydrogens (primary N) is 1. The van der Waals surface area contributed by atoms with E-state index in [0.29, 0.717) is 17.8 Å². The van der Waals surface area contributed by atoms with Crippen molar-refractivity contribution in [1.29, 1.82) is 0 Å². The molecular formula is C16H16FN3O. The molecule has 0 bridgehead atoms. The fraction of sp³-hybridized carbons (Fsp3) is 0.188. The lowest BCUT2D eigenvalue weighted by Crippen LogP contribution is -2.17. The van der Waals surface area contributed by atoms with E-state index in [1.165, 1.54) is 12.1 Å². The molecule has 0 atom stereocenters. The van der Waals surface area contributed by atoms with E-state index in [4.69, 9.17) is 5.73 Å². The number of benzene rings is 1. The molecule has 0 radical (unpaired) electrons. The lowest BCUT2D eigenvalue weighted by molar-refractivity contribution is 0.101. The summed E-state index contributed by atoms with van der Waals surface area (Å²) in [6, 6.07) is 7.88. The molecule has 1 amide bonds. The van der Waals surface area contributed by atoms with Gasteiger partial charge in [-0.2, -0.15) is 0 Å². The fourth-order valence-corrected chi connectivity index (χ4v) is 1.93. The Kier molecular flexibility index (Phi) is 4.75. The van der Waals surface area contributed by atoms with Crippen LogP contribution in [0.15, 0.2) is 36.5 Å². The summed E-state index contributed by atoms with van der Waals surface area (Å²) in [4.78, 5) is 12.1. The monoisotopic (exact) mass is 285 g/mol. The van der Waals surface area contributed by atoms with Gasteiger partial charge in [0.1, 0.15) is 11.5 Å². The normalized spacial score (nSPS) is 9.86. The standard InChI is InChI=1S/C16H16FN3O/c1-2-20-10-4-6-15(20)16(21)19-14-8-7-12(5-3-9-18)11-13(14)17/h4,6-8,10-11H,2,9,18H2,1H3,(H,19,21). The van der Waals surface area contributed by atoms with E-state index in [2.05, 4.69) is 17.2 Å². The van der Waals surface area contributed by atoms with E-state index in [1.807, 2.05) is 6.92 Å². The lowest BCUT2D eigenvalue weighted by atomic mass is 10.2. The van der Waals surface area contributed by atoms with Gasteiger partial charge >= 0.3 is 0 Å². The molecule has 3 N–H and O–H groups in total. The molecule has 2 rings (SSSR count).